The van der Waals surface area contributed by atoms with Crippen LogP contribution in [0.15, 0.2) is 42.7 Å². The highest BCUT2D eigenvalue weighted by atomic mass is 16.6. The summed E-state index contributed by atoms with van der Waals surface area (Å²) in [4.78, 5) is 32.6. The highest BCUT2D eigenvalue weighted by Gasteiger charge is 2.32. The molecule has 29 heavy (non-hydrogen) atoms. The molecular formula is C22H26N4O3. The lowest BCUT2D eigenvalue weighted by Crippen LogP contribution is -2.31. The molecule has 4 rings (SSSR count). The van der Waals surface area contributed by atoms with Crippen molar-refractivity contribution in [2.45, 2.75) is 44.6 Å². The van der Waals surface area contributed by atoms with Crippen molar-refractivity contribution in [2.75, 3.05) is 24.5 Å². The molecule has 0 radical (unpaired) electrons. The molecular weight excluding hydrogens is 368 g/mol. The Labute approximate surface area is 170 Å². The number of likely N-dealkylation sites (tertiary alicyclic amines) is 1. The number of pyridine rings is 1. The van der Waals surface area contributed by atoms with Gasteiger partial charge in [-0.2, -0.15) is 0 Å². The Kier molecular flexibility index (Phi) is 5.74. The van der Waals surface area contributed by atoms with E-state index in [1.54, 1.807) is 24.5 Å². The van der Waals surface area contributed by atoms with Gasteiger partial charge in [0.2, 0.25) is 0 Å². The normalized spacial score (nSPS) is 19.8. The first-order chi connectivity index (χ1) is 14.1. The van der Waals surface area contributed by atoms with Gasteiger partial charge in [-0.3, -0.25) is 19.9 Å². The molecule has 0 bridgehead atoms. The van der Waals surface area contributed by atoms with Gasteiger partial charge in [0.15, 0.2) is 0 Å². The zero-order valence-corrected chi connectivity index (χ0v) is 16.5. The summed E-state index contributed by atoms with van der Waals surface area (Å²) in [6.45, 7) is 2.31. The predicted molar refractivity (Wildman–Crippen MR) is 111 cm³/mol. The van der Waals surface area contributed by atoms with Crippen molar-refractivity contribution in [1.29, 1.82) is 0 Å². The van der Waals surface area contributed by atoms with Crippen LogP contribution in [-0.2, 0) is 0 Å². The average Bonchev–Trinajstić information content (AvgIpc) is 3.08. The summed E-state index contributed by atoms with van der Waals surface area (Å²) in [7, 11) is 0. The summed E-state index contributed by atoms with van der Waals surface area (Å²) in [6.07, 6.45) is 9.68. The van der Waals surface area contributed by atoms with E-state index in [9.17, 15) is 14.9 Å². The van der Waals surface area contributed by atoms with E-state index in [1.807, 2.05) is 17.0 Å². The third-order valence-electron chi connectivity index (χ3n) is 5.97. The fourth-order valence-electron chi connectivity index (χ4n) is 4.49. The van der Waals surface area contributed by atoms with E-state index >= 15 is 0 Å². The third-order valence-corrected chi connectivity index (χ3v) is 5.97. The third kappa shape index (κ3) is 4.09. The maximum atomic E-state index is 13.2. The van der Waals surface area contributed by atoms with Gasteiger partial charge in [-0.15, -0.1) is 0 Å². The summed E-state index contributed by atoms with van der Waals surface area (Å²) in [5.74, 6) is -0.144. The number of hydrogen-bond donors (Lipinski definition) is 0. The second-order valence-corrected chi connectivity index (χ2v) is 7.80. The van der Waals surface area contributed by atoms with Crippen LogP contribution in [0.4, 0.5) is 11.4 Å². The van der Waals surface area contributed by atoms with Crippen LogP contribution in [0, 0.1) is 10.1 Å². The standard InChI is InChI=1S/C22H26N4O3/c27-22(25-15-5-6-19(25)17-9-11-23-12-10-17)18-7-8-20(21(16-18)26(28)29)24-13-3-1-2-4-14-24/h7-12,16,19H,1-6,13-15H2. The molecule has 1 aromatic heterocycles. The summed E-state index contributed by atoms with van der Waals surface area (Å²) >= 11 is 0. The van der Waals surface area contributed by atoms with Crippen LogP contribution in [0.25, 0.3) is 0 Å². The fourth-order valence-corrected chi connectivity index (χ4v) is 4.49. The minimum atomic E-state index is -0.360. The number of benzene rings is 1. The van der Waals surface area contributed by atoms with Crippen LogP contribution >= 0.6 is 0 Å². The average molecular weight is 394 g/mol. The molecule has 152 valence electrons. The van der Waals surface area contributed by atoms with Crippen molar-refractivity contribution in [1.82, 2.24) is 9.88 Å². The molecule has 2 saturated heterocycles. The minimum Gasteiger partial charge on any atom is -0.366 e. The molecule has 2 fully saturated rings. The van der Waals surface area contributed by atoms with Gasteiger partial charge in [0.1, 0.15) is 5.69 Å². The Morgan fingerprint density at radius 2 is 1.72 bits per heavy atom. The summed E-state index contributed by atoms with van der Waals surface area (Å²) in [5, 5.41) is 11.8. The largest absolute Gasteiger partial charge is 0.366 e. The molecule has 2 aliphatic rings. The molecule has 7 nitrogen and oxygen atoms in total. The Hall–Kier alpha value is -2.96. The lowest BCUT2D eigenvalue weighted by atomic mass is 10.0. The van der Waals surface area contributed by atoms with E-state index in [-0.39, 0.29) is 22.6 Å². The van der Waals surface area contributed by atoms with Gasteiger partial charge in [0.25, 0.3) is 11.6 Å². The number of amides is 1. The molecule has 1 aromatic carbocycles. The molecule has 2 aromatic rings. The van der Waals surface area contributed by atoms with Crippen LogP contribution in [-0.4, -0.2) is 40.3 Å². The molecule has 2 aliphatic heterocycles. The smallest absolute Gasteiger partial charge is 0.293 e. The number of nitro benzene ring substituents is 1. The molecule has 1 amide bonds. The Bertz CT molecular complexity index is 879. The number of rotatable bonds is 4. The Morgan fingerprint density at radius 3 is 2.41 bits per heavy atom. The first-order valence-electron chi connectivity index (χ1n) is 10.4. The summed E-state index contributed by atoms with van der Waals surface area (Å²) in [5.41, 5.74) is 2.09. The van der Waals surface area contributed by atoms with E-state index in [0.717, 1.165) is 57.2 Å². The summed E-state index contributed by atoms with van der Waals surface area (Å²) in [6, 6.07) is 8.83. The SMILES string of the molecule is O=C(c1ccc(N2CCCCCC2)c([N+](=O)[O-])c1)N1CCCC1c1ccncc1. The van der Waals surface area contributed by atoms with Gasteiger partial charge in [0, 0.05) is 43.7 Å². The quantitative estimate of drug-likeness (QED) is 0.569. The van der Waals surface area contributed by atoms with Crippen LogP contribution in [0.2, 0.25) is 0 Å². The van der Waals surface area contributed by atoms with E-state index in [1.165, 1.54) is 6.07 Å². The van der Waals surface area contributed by atoms with E-state index in [2.05, 4.69) is 9.88 Å². The van der Waals surface area contributed by atoms with Crippen molar-refractivity contribution < 1.29 is 9.72 Å². The maximum Gasteiger partial charge on any atom is 0.293 e. The number of aromatic nitrogens is 1. The van der Waals surface area contributed by atoms with E-state index in [4.69, 9.17) is 0 Å². The zero-order chi connectivity index (χ0) is 20.2. The predicted octanol–water partition coefficient (Wildman–Crippen LogP) is 4.35. The van der Waals surface area contributed by atoms with Crippen LogP contribution < -0.4 is 4.90 Å². The van der Waals surface area contributed by atoms with Crippen molar-refractivity contribution in [3.63, 3.8) is 0 Å². The van der Waals surface area contributed by atoms with Gasteiger partial charge in [-0.05, 0) is 55.5 Å². The monoisotopic (exact) mass is 394 g/mol. The number of carbonyl (C=O) groups is 1. The lowest BCUT2D eigenvalue weighted by molar-refractivity contribution is -0.384. The topological polar surface area (TPSA) is 79.6 Å². The fraction of sp³-hybridized carbons (Fsp3) is 0.455. The molecule has 1 unspecified atom stereocenters. The number of nitrogens with zero attached hydrogens (tertiary/aromatic N) is 4. The molecule has 0 N–H and O–H groups in total. The van der Waals surface area contributed by atoms with E-state index in [0.29, 0.717) is 17.8 Å². The highest BCUT2D eigenvalue weighted by Crippen LogP contribution is 2.35. The number of hydrogen-bond acceptors (Lipinski definition) is 5. The number of nitro groups is 1. The zero-order valence-electron chi connectivity index (χ0n) is 16.5. The second kappa shape index (κ2) is 8.59. The van der Waals surface area contributed by atoms with Crippen LogP contribution in [0.5, 0.6) is 0 Å². The lowest BCUT2D eigenvalue weighted by Gasteiger charge is -2.26. The molecule has 0 spiro atoms. The number of carbonyl (C=O) groups excluding carboxylic acids is 1. The minimum absolute atomic E-state index is 0.00478. The first kappa shape index (κ1) is 19.4. The van der Waals surface area contributed by atoms with Crippen molar-refractivity contribution in [3.8, 4) is 0 Å². The van der Waals surface area contributed by atoms with Crippen LogP contribution in [0.3, 0.4) is 0 Å². The number of anilines is 1. The van der Waals surface area contributed by atoms with Crippen molar-refractivity contribution in [2.24, 2.45) is 0 Å². The van der Waals surface area contributed by atoms with Gasteiger partial charge < -0.3 is 9.80 Å². The molecule has 0 aliphatic carbocycles. The second-order valence-electron chi connectivity index (χ2n) is 7.80. The Balaban J connectivity index is 1.61. The molecule has 0 saturated carbocycles. The van der Waals surface area contributed by atoms with Crippen molar-refractivity contribution >= 4 is 17.3 Å². The highest BCUT2D eigenvalue weighted by molar-refractivity contribution is 5.96. The van der Waals surface area contributed by atoms with Crippen LogP contribution in [0.1, 0.15) is 60.5 Å². The van der Waals surface area contributed by atoms with Crippen molar-refractivity contribution in [3.05, 3.63) is 64.0 Å². The molecule has 3 heterocycles. The van der Waals surface area contributed by atoms with Gasteiger partial charge in [0.05, 0.1) is 11.0 Å². The Morgan fingerprint density at radius 1 is 1.00 bits per heavy atom. The van der Waals surface area contributed by atoms with Gasteiger partial charge >= 0.3 is 0 Å². The molecule has 7 heteroatoms. The first-order valence-corrected chi connectivity index (χ1v) is 10.4. The molecule has 1 atom stereocenters. The van der Waals surface area contributed by atoms with Gasteiger partial charge in [-0.25, -0.2) is 0 Å². The summed E-state index contributed by atoms with van der Waals surface area (Å²) < 4.78 is 0. The maximum absolute atomic E-state index is 13.2. The van der Waals surface area contributed by atoms with Gasteiger partial charge in [-0.1, -0.05) is 12.8 Å². The van der Waals surface area contributed by atoms with E-state index < -0.39 is 0 Å².